The third-order valence-electron chi connectivity index (χ3n) is 3.03. The number of amides is 1. The summed E-state index contributed by atoms with van der Waals surface area (Å²) in [5, 5.41) is 2.55. The lowest BCUT2D eigenvalue weighted by Crippen LogP contribution is -2.29. The maximum atomic E-state index is 12.9. The van der Waals surface area contributed by atoms with E-state index in [4.69, 9.17) is 5.73 Å². The molecule has 112 valence electrons. The van der Waals surface area contributed by atoms with E-state index in [1.54, 1.807) is 12.4 Å². The number of hydrogen-bond donors (Lipinski definition) is 2. The number of nitrogens with two attached hydrogens (primary N) is 1. The predicted molar refractivity (Wildman–Crippen MR) is 78.5 cm³/mol. The Bertz CT molecular complexity index is 718. The lowest BCUT2D eigenvalue weighted by molar-refractivity contribution is -0.116. The molecule has 1 amide bonds. The van der Waals surface area contributed by atoms with Crippen molar-refractivity contribution in [2.75, 3.05) is 11.1 Å². The van der Waals surface area contributed by atoms with Gasteiger partial charge in [-0.1, -0.05) is 0 Å². The number of nitrogens with zero attached hydrogens (tertiary/aromatic N) is 2. The van der Waals surface area contributed by atoms with Crippen LogP contribution in [0.5, 0.6) is 0 Å². The second kappa shape index (κ2) is 5.82. The van der Waals surface area contributed by atoms with Gasteiger partial charge in [0.15, 0.2) is 0 Å². The maximum absolute atomic E-state index is 12.9. The quantitative estimate of drug-likeness (QED) is 0.840. The molecule has 0 atom stereocenters. The van der Waals surface area contributed by atoms with Gasteiger partial charge in [0, 0.05) is 18.4 Å². The lowest BCUT2D eigenvalue weighted by atomic mass is 10.2. The van der Waals surface area contributed by atoms with Gasteiger partial charge in [-0.25, -0.2) is 9.18 Å². The third kappa shape index (κ3) is 3.31. The normalized spacial score (nSPS) is 10.9. The Morgan fingerprint density at radius 2 is 2.10 bits per heavy atom. The third-order valence-corrected chi connectivity index (χ3v) is 3.03. The van der Waals surface area contributed by atoms with Crippen LogP contribution in [-0.4, -0.2) is 15.0 Å². The summed E-state index contributed by atoms with van der Waals surface area (Å²) in [6, 6.07) is 3.73. The standard InChI is InChI=1S/C14H17FN4O2/c1-9(2)19-6-5-18(14(19)21)8-13(20)17-12-4-3-10(15)7-11(12)16/h3-7,9H,8,16H2,1-2H3,(H,17,20). The molecule has 1 aromatic heterocycles. The number of nitrogens with one attached hydrogen (secondary N) is 1. The number of nitrogen functional groups attached to an aromatic ring is 1. The van der Waals surface area contributed by atoms with Crippen LogP contribution in [-0.2, 0) is 11.3 Å². The van der Waals surface area contributed by atoms with Gasteiger partial charge >= 0.3 is 5.69 Å². The molecule has 6 nitrogen and oxygen atoms in total. The molecule has 7 heteroatoms. The van der Waals surface area contributed by atoms with E-state index in [2.05, 4.69) is 5.32 Å². The first-order chi connectivity index (χ1) is 9.88. The average Bonchev–Trinajstić information content (AvgIpc) is 2.74. The molecule has 0 aliphatic heterocycles. The molecule has 0 radical (unpaired) electrons. The summed E-state index contributed by atoms with van der Waals surface area (Å²) in [5.74, 6) is -0.882. The molecule has 0 fully saturated rings. The van der Waals surface area contributed by atoms with Gasteiger partial charge < -0.3 is 11.1 Å². The van der Waals surface area contributed by atoms with Gasteiger partial charge in [0.2, 0.25) is 5.91 Å². The molecule has 0 aliphatic rings. The zero-order valence-corrected chi connectivity index (χ0v) is 11.8. The van der Waals surface area contributed by atoms with Crippen molar-refractivity contribution in [3.63, 3.8) is 0 Å². The molecule has 1 aromatic carbocycles. The van der Waals surface area contributed by atoms with Gasteiger partial charge in [0.25, 0.3) is 0 Å². The van der Waals surface area contributed by atoms with E-state index in [1.165, 1.54) is 21.3 Å². The van der Waals surface area contributed by atoms with Gasteiger partial charge in [-0.2, -0.15) is 0 Å². The average molecular weight is 292 g/mol. The monoisotopic (exact) mass is 292 g/mol. The Kier molecular flexibility index (Phi) is 4.11. The highest BCUT2D eigenvalue weighted by molar-refractivity contribution is 5.93. The highest BCUT2D eigenvalue weighted by Crippen LogP contribution is 2.18. The summed E-state index contributed by atoms with van der Waals surface area (Å²) in [7, 11) is 0. The van der Waals surface area contributed by atoms with Crippen molar-refractivity contribution in [2.24, 2.45) is 0 Å². The second-order valence-electron chi connectivity index (χ2n) is 4.99. The molecular weight excluding hydrogens is 275 g/mol. The fourth-order valence-corrected chi connectivity index (χ4v) is 1.93. The van der Waals surface area contributed by atoms with E-state index in [1.807, 2.05) is 13.8 Å². The molecule has 0 saturated heterocycles. The summed E-state index contributed by atoms with van der Waals surface area (Å²) in [6.07, 6.45) is 3.18. The smallest absolute Gasteiger partial charge is 0.328 e. The molecule has 0 saturated carbocycles. The zero-order chi connectivity index (χ0) is 15.6. The van der Waals surface area contributed by atoms with Gasteiger partial charge in [-0.15, -0.1) is 0 Å². The minimum Gasteiger partial charge on any atom is -0.397 e. The van der Waals surface area contributed by atoms with Crippen LogP contribution in [0.3, 0.4) is 0 Å². The number of halogens is 1. The van der Waals surface area contributed by atoms with Crippen LogP contribution >= 0.6 is 0 Å². The van der Waals surface area contributed by atoms with E-state index < -0.39 is 11.7 Å². The summed E-state index contributed by atoms with van der Waals surface area (Å²) >= 11 is 0. The largest absolute Gasteiger partial charge is 0.397 e. The molecular formula is C14H17FN4O2. The van der Waals surface area contributed by atoms with Crippen molar-refractivity contribution >= 4 is 17.3 Å². The molecule has 21 heavy (non-hydrogen) atoms. The molecule has 0 spiro atoms. The van der Waals surface area contributed by atoms with Crippen molar-refractivity contribution < 1.29 is 9.18 Å². The van der Waals surface area contributed by atoms with Crippen molar-refractivity contribution in [3.8, 4) is 0 Å². The molecule has 2 rings (SSSR count). The number of aromatic nitrogens is 2. The molecule has 0 unspecified atom stereocenters. The lowest BCUT2D eigenvalue weighted by Gasteiger charge is -2.08. The summed E-state index contributed by atoms with van der Waals surface area (Å²) in [6.45, 7) is 3.63. The minimum absolute atomic E-state index is 0.0227. The van der Waals surface area contributed by atoms with Crippen LogP contribution in [0.15, 0.2) is 35.4 Å². The Labute approximate surface area is 121 Å². The van der Waals surface area contributed by atoms with Crippen molar-refractivity contribution in [1.29, 1.82) is 0 Å². The van der Waals surface area contributed by atoms with Crippen LogP contribution in [0.4, 0.5) is 15.8 Å². The fraction of sp³-hybridized carbons (Fsp3) is 0.286. The first-order valence-electron chi connectivity index (χ1n) is 6.50. The van der Waals surface area contributed by atoms with Gasteiger partial charge in [0.1, 0.15) is 12.4 Å². The minimum atomic E-state index is -0.476. The number of hydrogen-bond acceptors (Lipinski definition) is 3. The van der Waals surface area contributed by atoms with Gasteiger partial charge in [-0.05, 0) is 32.0 Å². The molecule has 2 aromatic rings. The predicted octanol–water partition coefficient (Wildman–Crippen LogP) is 1.59. The number of rotatable bonds is 4. The number of imidazole rings is 1. The number of carbonyl (C=O) groups excluding carboxylic acids is 1. The van der Waals surface area contributed by atoms with E-state index in [-0.39, 0.29) is 24.0 Å². The Hall–Kier alpha value is -2.57. The van der Waals surface area contributed by atoms with Crippen LogP contribution < -0.4 is 16.7 Å². The van der Waals surface area contributed by atoms with Gasteiger partial charge in [0.05, 0.1) is 11.4 Å². The van der Waals surface area contributed by atoms with Crippen molar-refractivity contribution in [2.45, 2.75) is 26.4 Å². The molecule has 3 N–H and O–H groups in total. The molecule has 0 aliphatic carbocycles. The van der Waals surface area contributed by atoms with E-state index in [0.29, 0.717) is 5.69 Å². The summed E-state index contributed by atoms with van der Waals surface area (Å²) in [4.78, 5) is 23.9. The molecule has 1 heterocycles. The van der Waals surface area contributed by atoms with Crippen LogP contribution in [0, 0.1) is 5.82 Å². The Balaban J connectivity index is 2.10. The number of anilines is 2. The number of carbonyl (C=O) groups is 1. The highest BCUT2D eigenvalue weighted by atomic mass is 19.1. The van der Waals surface area contributed by atoms with Gasteiger partial charge in [-0.3, -0.25) is 13.9 Å². The van der Waals surface area contributed by atoms with Crippen LogP contribution in [0.25, 0.3) is 0 Å². The maximum Gasteiger partial charge on any atom is 0.328 e. The SMILES string of the molecule is CC(C)n1ccn(CC(=O)Nc2ccc(F)cc2N)c1=O. The second-order valence-corrected chi connectivity index (χ2v) is 4.99. The Morgan fingerprint density at radius 1 is 1.38 bits per heavy atom. The van der Waals surface area contributed by atoms with E-state index in [0.717, 1.165) is 6.07 Å². The van der Waals surface area contributed by atoms with Crippen LogP contribution in [0.1, 0.15) is 19.9 Å². The van der Waals surface area contributed by atoms with Crippen molar-refractivity contribution in [1.82, 2.24) is 9.13 Å². The van der Waals surface area contributed by atoms with Crippen LogP contribution in [0.2, 0.25) is 0 Å². The highest BCUT2D eigenvalue weighted by Gasteiger charge is 2.11. The van der Waals surface area contributed by atoms with E-state index in [9.17, 15) is 14.0 Å². The fourth-order valence-electron chi connectivity index (χ4n) is 1.93. The van der Waals surface area contributed by atoms with Crippen molar-refractivity contribution in [3.05, 3.63) is 46.9 Å². The Morgan fingerprint density at radius 3 is 2.67 bits per heavy atom. The first-order valence-corrected chi connectivity index (χ1v) is 6.50. The zero-order valence-electron chi connectivity index (χ0n) is 11.8. The summed E-state index contributed by atoms with van der Waals surface area (Å²) < 4.78 is 15.8. The van der Waals surface area contributed by atoms with E-state index >= 15 is 0 Å². The number of benzene rings is 1. The first kappa shape index (κ1) is 14.8. The topological polar surface area (TPSA) is 82.1 Å². The molecule has 0 bridgehead atoms. The summed E-state index contributed by atoms with van der Waals surface area (Å²) in [5.41, 5.74) is 5.80.